The van der Waals surface area contributed by atoms with Gasteiger partial charge in [-0.05, 0) is 30.2 Å². The molecule has 0 N–H and O–H groups in total. The van der Waals surface area contributed by atoms with Crippen LogP contribution in [0.3, 0.4) is 0 Å². The minimum atomic E-state index is -4.40. The molecule has 2 heterocycles. The van der Waals surface area contributed by atoms with E-state index in [1.54, 1.807) is 18.2 Å². The molecule has 6 heteroatoms. The van der Waals surface area contributed by atoms with Gasteiger partial charge in [-0.3, -0.25) is 4.79 Å². The second-order valence-corrected chi connectivity index (χ2v) is 6.66. The molecule has 25 heavy (non-hydrogen) atoms. The molecular formula is C19H19F3N2O. The molecule has 0 saturated carbocycles. The molecule has 0 radical (unpaired) electrons. The van der Waals surface area contributed by atoms with E-state index >= 15 is 0 Å². The third-order valence-electron chi connectivity index (χ3n) is 4.16. The summed E-state index contributed by atoms with van der Waals surface area (Å²) in [6.45, 7) is 5.49. The molecule has 1 aliphatic rings. The van der Waals surface area contributed by atoms with Gasteiger partial charge in [0.2, 0.25) is 0 Å². The number of aromatic nitrogens is 1. The number of carbonyl (C=O) groups excluding carboxylic acids is 1. The zero-order valence-electron chi connectivity index (χ0n) is 14.1. The molecule has 0 bridgehead atoms. The van der Waals surface area contributed by atoms with Gasteiger partial charge in [0.15, 0.2) is 5.78 Å². The monoisotopic (exact) mass is 348 g/mol. The van der Waals surface area contributed by atoms with Crippen LogP contribution in [-0.2, 0) is 6.18 Å². The maximum atomic E-state index is 12.9. The van der Waals surface area contributed by atoms with Gasteiger partial charge in [-0.25, -0.2) is 4.98 Å². The van der Waals surface area contributed by atoms with Crippen molar-refractivity contribution in [2.75, 3.05) is 18.0 Å². The van der Waals surface area contributed by atoms with Crippen LogP contribution in [0, 0.1) is 5.92 Å². The summed E-state index contributed by atoms with van der Waals surface area (Å²) in [5, 5.41) is 0. The Balaban J connectivity index is 2.04. The third kappa shape index (κ3) is 3.67. The molecule has 0 atom stereocenters. The number of Topliss-reactive ketones (excluding diaryl/α,β-unsaturated/α-hetero) is 1. The van der Waals surface area contributed by atoms with Crippen LogP contribution in [-0.4, -0.2) is 23.9 Å². The number of ketones is 1. The second kappa shape index (κ2) is 6.50. The number of carbonyl (C=O) groups is 1. The molecule has 0 unspecified atom stereocenters. The lowest BCUT2D eigenvalue weighted by Gasteiger charge is -2.31. The summed E-state index contributed by atoms with van der Waals surface area (Å²) in [6.07, 6.45) is -3.96. The number of anilines is 1. The van der Waals surface area contributed by atoms with Crippen molar-refractivity contribution in [1.29, 1.82) is 0 Å². The number of halogens is 3. The fourth-order valence-electron chi connectivity index (χ4n) is 3.02. The molecule has 0 aliphatic carbocycles. The van der Waals surface area contributed by atoms with Crippen molar-refractivity contribution in [3.8, 4) is 11.3 Å². The average molecular weight is 348 g/mol. The van der Waals surface area contributed by atoms with Gasteiger partial charge < -0.3 is 4.90 Å². The van der Waals surface area contributed by atoms with E-state index in [0.29, 0.717) is 41.5 Å². The highest BCUT2D eigenvalue weighted by Gasteiger charge is 2.31. The molecule has 132 valence electrons. The van der Waals surface area contributed by atoms with Crippen LogP contribution < -0.4 is 4.90 Å². The molecular weight excluding hydrogens is 329 g/mol. The summed E-state index contributed by atoms with van der Waals surface area (Å²) in [6, 6.07) is 8.39. The van der Waals surface area contributed by atoms with E-state index < -0.39 is 11.7 Å². The quantitative estimate of drug-likeness (QED) is 0.798. The molecule has 0 spiro atoms. The van der Waals surface area contributed by atoms with E-state index in [2.05, 4.69) is 18.8 Å². The zero-order chi connectivity index (χ0) is 18.2. The summed E-state index contributed by atoms with van der Waals surface area (Å²) in [4.78, 5) is 18.7. The first-order chi connectivity index (χ1) is 11.8. The highest BCUT2D eigenvalue weighted by Crippen LogP contribution is 2.33. The van der Waals surface area contributed by atoms with E-state index in [0.717, 1.165) is 18.7 Å². The lowest BCUT2D eigenvalue weighted by molar-refractivity contribution is -0.137. The molecule has 1 aromatic carbocycles. The van der Waals surface area contributed by atoms with Crippen LogP contribution >= 0.6 is 0 Å². The standard InChI is InChI=1S/C19H19F3N2O/c1-12(2)11-24-9-8-17(25)15-6-7-16(23-18(15)24)13-4-3-5-14(10-13)19(20,21)22/h3-7,10,12H,8-9,11H2,1-2H3. The summed E-state index contributed by atoms with van der Waals surface area (Å²) in [5.74, 6) is 0.984. The first-order valence-corrected chi connectivity index (χ1v) is 8.22. The number of hydrogen-bond acceptors (Lipinski definition) is 3. The van der Waals surface area contributed by atoms with E-state index in [-0.39, 0.29) is 5.78 Å². The minimum Gasteiger partial charge on any atom is -0.355 e. The Bertz CT molecular complexity index is 799. The van der Waals surface area contributed by atoms with E-state index in [1.807, 2.05) is 4.90 Å². The van der Waals surface area contributed by atoms with Crippen molar-refractivity contribution in [1.82, 2.24) is 4.98 Å². The number of pyridine rings is 1. The topological polar surface area (TPSA) is 33.2 Å². The number of rotatable bonds is 3. The van der Waals surface area contributed by atoms with E-state index in [9.17, 15) is 18.0 Å². The number of fused-ring (bicyclic) bond motifs is 1. The average Bonchev–Trinajstić information content (AvgIpc) is 2.56. The van der Waals surface area contributed by atoms with Gasteiger partial charge in [-0.15, -0.1) is 0 Å². The van der Waals surface area contributed by atoms with E-state index in [1.165, 1.54) is 6.07 Å². The van der Waals surface area contributed by atoms with Gasteiger partial charge in [-0.1, -0.05) is 26.0 Å². The smallest absolute Gasteiger partial charge is 0.355 e. The normalized spacial score (nSPS) is 14.8. The second-order valence-electron chi connectivity index (χ2n) is 6.66. The highest BCUT2D eigenvalue weighted by molar-refractivity contribution is 6.02. The van der Waals surface area contributed by atoms with Crippen LogP contribution in [0.25, 0.3) is 11.3 Å². The fourth-order valence-corrected chi connectivity index (χ4v) is 3.02. The first-order valence-electron chi connectivity index (χ1n) is 8.22. The minimum absolute atomic E-state index is 0.0260. The van der Waals surface area contributed by atoms with Crippen molar-refractivity contribution in [3.05, 3.63) is 47.5 Å². The Hall–Kier alpha value is -2.37. The molecule has 2 aromatic rings. The van der Waals surface area contributed by atoms with Crippen LogP contribution in [0.1, 0.15) is 36.2 Å². The van der Waals surface area contributed by atoms with Gasteiger partial charge in [-0.2, -0.15) is 13.2 Å². The summed E-state index contributed by atoms with van der Waals surface area (Å²) in [7, 11) is 0. The molecule has 3 rings (SSSR count). The summed E-state index contributed by atoms with van der Waals surface area (Å²) >= 11 is 0. The predicted octanol–water partition coefficient (Wildman–Crippen LogP) is 4.82. The van der Waals surface area contributed by atoms with Crippen molar-refractivity contribution in [2.24, 2.45) is 5.92 Å². The molecule has 0 saturated heterocycles. The van der Waals surface area contributed by atoms with Crippen LogP contribution in [0.2, 0.25) is 0 Å². The Morgan fingerprint density at radius 1 is 1.20 bits per heavy atom. The van der Waals surface area contributed by atoms with Crippen molar-refractivity contribution in [3.63, 3.8) is 0 Å². The first kappa shape index (κ1) is 17.5. The zero-order valence-corrected chi connectivity index (χ0v) is 14.1. The number of benzene rings is 1. The number of hydrogen-bond donors (Lipinski definition) is 0. The molecule has 3 nitrogen and oxygen atoms in total. The van der Waals surface area contributed by atoms with Gasteiger partial charge in [0.25, 0.3) is 0 Å². The number of alkyl halides is 3. The van der Waals surface area contributed by atoms with Crippen LogP contribution in [0.4, 0.5) is 19.0 Å². The third-order valence-corrected chi connectivity index (χ3v) is 4.16. The molecule has 0 amide bonds. The van der Waals surface area contributed by atoms with E-state index in [4.69, 9.17) is 0 Å². The van der Waals surface area contributed by atoms with Gasteiger partial charge in [0.1, 0.15) is 5.82 Å². The Labute approximate surface area is 144 Å². The largest absolute Gasteiger partial charge is 0.416 e. The van der Waals surface area contributed by atoms with Gasteiger partial charge >= 0.3 is 6.18 Å². The van der Waals surface area contributed by atoms with Gasteiger partial charge in [0, 0.05) is 25.1 Å². The van der Waals surface area contributed by atoms with Gasteiger partial charge in [0.05, 0.1) is 16.8 Å². The summed E-state index contributed by atoms with van der Waals surface area (Å²) in [5.41, 5.74) is 0.663. The molecule has 1 aliphatic heterocycles. The Morgan fingerprint density at radius 3 is 2.64 bits per heavy atom. The lowest BCUT2D eigenvalue weighted by Crippen LogP contribution is -2.35. The van der Waals surface area contributed by atoms with Crippen molar-refractivity contribution < 1.29 is 18.0 Å². The van der Waals surface area contributed by atoms with Crippen LogP contribution in [0.15, 0.2) is 36.4 Å². The SMILES string of the molecule is CC(C)CN1CCC(=O)c2ccc(-c3cccc(C(F)(F)F)c3)nc21. The van der Waals surface area contributed by atoms with Crippen molar-refractivity contribution in [2.45, 2.75) is 26.4 Å². The maximum Gasteiger partial charge on any atom is 0.416 e. The molecule has 0 fully saturated rings. The predicted molar refractivity (Wildman–Crippen MR) is 90.7 cm³/mol. The Morgan fingerprint density at radius 2 is 1.96 bits per heavy atom. The maximum absolute atomic E-state index is 12.9. The summed E-state index contributed by atoms with van der Waals surface area (Å²) < 4.78 is 38.8. The Kier molecular flexibility index (Phi) is 4.54. The lowest BCUT2D eigenvalue weighted by atomic mass is 10.0. The van der Waals surface area contributed by atoms with Crippen molar-refractivity contribution >= 4 is 11.6 Å². The fraction of sp³-hybridized carbons (Fsp3) is 0.368. The number of nitrogens with zero attached hydrogens (tertiary/aromatic N) is 2. The molecule has 1 aromatic heterocycles. The van der Waals surface area contributed by atoms with Crippen LogP contribution in [0.5, 0.6) is 0 Å². The highest BCUT2D eigenvalue weighted by atomic mass is 19.4.